The number of alkyl halides is 6. The zero-order valence-corrected chi connectivity index (χ0v) is 10.7. The Morgan fingerprint density at radius 1 is 1.05 bits per heavy atom. The number of nitrogens with one attached hydrogen (secondary N) is 1. The van der Waals surface area contributed by atoms with Crippen molar-refractivity contribution in [2.24, 2.45) is 5.84 Å². The fraction of sp³-hybridized carbons (Fsp3) is 0.364. The van der Waals surface area contributed by atoms with Crippen LogP contribution in [0.3, 0.4) is 0 Å². The Kier molecular flexibility index (Phi) is 5.47. The van der Waals surface area contributed by atoms with E-state index in [-0.39, 0.29) is 5.75 Å². The lowest BCUT2D eigenvalue weighted by Gasteiger charge is -2.14. The molecule has 0 aliphatic carbocycles. The quantitative estimate of drug-likeness (QED) is 0.375. The van der Waals surface area contributed by atoms with Gasteiger partial charge < -0.3 is 9.47 Å². The van der Waals surface area contributed by atoms with E-state index in [1.807, 2.05) is 0 Å². The fourth-order valence-corrected chi connectivity index (χ4v) is 1.30. The number of hydrazine groups is 1. The van der Waals surface area contributed by atoms with Gasteiger partial charge in [-0.25, -0.2) is 5.84 Å². The number of halogens is 6. The van der Waals surface area contributed by atoms with Crippen LogP contribution in [0.4, 0.5) is 26.3 Å². The number of nitrogen functional groups attached to an aromatic ring is 1. The molecular formula is C11H10F6N2O3. The van der Waals surface area contributed by atoms with E-state index < -0.39 is 42.8 Å². The molecule has 0 saturated carbocycles. The average Bonchev–Trinajstić information content (AvgIpc) is 2.40. The lowest BCUT2D eigenvalue weighted by Crippen LogP contribution is -2.31. The highest BCUT2D eigenvalue weighted by Gasteiger charge is 2.30. The molecule has 0 spiro atoms. The lowest BCUT2D eigenvalue weighted by atomic mass is 10.2. The van der Waals surface area contributed by atoms with E-state index in [0.29, 0.717) is 0 Å². The van der Waals surface area contributed by atoms with Crippen LogP contribution in [0.5, 0.6) is 11.5 Å². The zero-order valence-electron chi connectivity index (χ0n) is 10.7. The van der Waals surface area contributed by atoms with Crippen molar-refractivity contribution in [3.63, 3.8) is 0 Å². The molecule has 0 aromatic heterocycles. The summed E-state index contributed by atoms with van der Waals surface area (Å²) in [6, 6.07) is 2.60. The van der Waals surface area contributed by atoms with Crippen LogP contribution >= 0.6 is 0 Å². The van der Waals surface area contributed by atoms with Gasteiger partial charge in [0, 0.05) is 0 Å². The summed E-state index contributed by atoms with van der Waals surface area (Å²) in [6.45, 7) is -3.31. The molecule has 1 aromatic rings. The third-order valence-electron chi connectivity index (χ3n) is 2.12. The second-order valence-electron chi connectivity index (χ2n) is 3.94. The Hall–Kier alpha value is -2.17. The van der Waals surface area contributed by atoms with E-state index in [2.05, 4.69) is 9.47 Å². The van der Waals surface area contributed by atoms with Crippen LogP contribution in [0.2, 0.25) is 0 Å². The highest BCUT2D eigenvalue weighted by atomic mass is 19.4. The Balaban J connectivity index is 2.96. The van der Waals surface area contributed by atoms with Crippen molar-refractivity contribution in [2.75, 3.05) is 13.2 Å². The fourth-order valence-electron chi connectivity index (χ4n) is 1.30. The molecule has 0 saturated heterocycles. The van der Waals surface area contributed by atoms with Crippen LogP contribution < -0.4 is 20.7 Å². The summed E-state index contributed by atoms with van der Waals surface area (Å²) in [5.41, 5.74) is 1.15. The molecule has 0 fully saturated rings. The number of amides is 1. The number of benzene rings is 1. The summed E-state index contributed by atoms with van der Waals surface area (Å²) in [5, 5.41) is 0. The first-order valence-electron chi connectivity index (χ1n) is 5.56. The van der Waals surface area contributed by atoms with E-state index in [9.17, 15) is 31.1 Å². The van der Waals surface area contributed by atoms with Crippen LogP contribution in [0.15, 0.2) is 18.2 Å². The van der Waals surface area contributed by atoms with Gasteiger partial charge in [-0.1, -0.05) is 0 Å². The van der Waals surface area contributed by atoms with Crippen LogP contribution in [-0.2, 0) is 0 Å². The topological polar surface area (TPSA) is 73.6 Å². The van der Waals surface area contributed by atoms with Crippen LogP contribution in [0, 0.1) is 0 Å². The number of carbonyl (C=O) groups is 1. The van der Waals surface area contributed by atoms with Gasteiger partial charge in [0.2, 0.25) is 0 Å². The third kappa shape index (κ3) is 6.08. The van der Waals surface area contributed by atoms with E-state index >= 15 is 0 Å². The van der Waals surface area contributed by atoms with Gasteiger partial charge in [0.15, 0.2) is 13.2 Å². The maximum Gasteiger partial charge on any atom is 0.422 e. The summed E-state index contributed by atoms with van der Waals surface area (Å²) in [7, 11) is 0. The molecule has 0 bridgehead atoms. The van der Waals surface area contributed by atoms with Gasteiger partial charge in [-0.2, -0.15) is 26.3 Å². The van der Waals surface area contributed by atoms with Crippen molar-refractivity contribution in [1.82, 2.24) is 5.43 Å². The minimum atomic E-state index is -4.65. The molecule has 22 heavy (non-hydrogen) atoms. The van der Waals surface area contributed by atoms with Gasteiger partial charge in [0.25, 0.3) is 5.91 Å². The number of rotatable bonds is 5. The predicted molar refractivity (Wildman–Crippen MR) is 61.2 cm³/mol. The summed E-state index contributed by atoms with van der Waals surface area (Å²) in [6.07, 6.45) is -9.26. The zero-order chi connectivity index (χ0) is 17.0. The molecule has 0 aliphatic rings. The first-order valence-corrected chi connectivity index (χ1v) is 5.56. The Labute approximate surface area is 119 Å². The molecule has 1 amide bonds. The van der Waals surface area contributed by atoms with Crippen molar-refractivity contribution in [3.8, 4) is 11.5 Å². The molecule has 0 aliphatic heterocycles. The molecular weight excluding hydrogens is 322 g/mol. The first kappa shape index (κ1) is 17.9. The van der Waals surface area contributed by atoms with Crippen molar-refractivity contribution >= 4 is 5.91 Å². The summed E-state index contributed by atoms with van der Waals surface area (Å²) >= 11 is 0. The van der Waals surface area contributed by atoms with Crippen LogP contribution in [-0.4, -0.2) is 31.5 Å². The van der Waals surface area contributed by atoms with Gasteiger partial charge in [0.1, 0.15) is 11.5 Å². The summed E-state index contributed by atoms with van der Waals surface area (Å²) < 4.78 is 81.1. The van der Waals surface area contributed by atoms with Crippen LogP contribution in [0.25, 0.3) is 0 Å². The van der Waals surface area contributed by atoms with Crippen LogP contribution in [0.1, 0.15) is 10.4 Å². The second kappa shape index (κ2) is 6.73. The minimum absolute atomic E-state index is 0.379. The third-order valence-corrected chi connectivity index (χ3v) is 2.12. The first-order chi connectivity index (χ1) is 10.0. The monoisotopic (exact) mass is 332 g/mol. The number of ether oxygens (including phenoxy) is 2. The molecule has 1 rings (SSSR count). The van der Waals surface area contributed by atoms with Gasteiger partial charge in [-0.05, 0) is 18.2 Å². The van der Waals surface area contributed by atoms with E-state index in [0.717, 1.165) is 18.2 Å². The molecule has 0 radical (unpaired) electrons. The smallest absolute Gasteiger partial charge is 0.422 e. The SMILES string of the molecule is NNC(=O)c1cc(OCC(F)(F)F)ccc1OCC(F)(F)F. The van der Waals surface area contributed by atoms with Crippen molar-refractivity contribution in [1.29, 1.82) is 0 Å². The van der Waals surface area contributed by atoms with Gasteiger partial charge in [-0.15, -0.1) is 0 Å². The minimum Gasteiger partial charge on any atom is -0.484 e. The highest BCUT2D eigenvalue weighted by molar-refractivity contribution is 5.96. The van der Waals surface area contributed by atoms with Gasteiger partial charge >= 0.3 is 12.4 Å². The average molecular weight is 332 g/mol. The van der Waals surface area contributed by atoms with E-state index in [1.165, 1.54) is 0 Å². The summed E-state index contributed by atoms with van der Waals surface area (Å²) in [4.78, 5) is 11.4. The Morgan fingerprint density at radius 3 is 2.09 bits per heavy atom. The molecule has 0 atom stereocenters. The number of carbonyl (C=O) groups excluding carboxylic acids is 1. The maximum absolute atomic E-state index is 12.1. The predicted octanol–water partition coefficient (Wildman–Crippen LogP) is 2.17. The molecule has 3 N–H and O–H groups in total. The standard InChI is InChI=1S/C11H10F6N2O3/c12-10(13,14)4-21-6-1-2-8(22-5-11(15,16)17)7(3-6)9(20)19-18/h1-3H,4-5,18H2,(H,19,20). The van der Waals surface area contributed by atoms with E-state index in [1.54, 1.807) is 5.43 Å². The van der Waals surface area contributed by atoms with E-state index in [4.69, 9.17) is 5.84 Å². The Bertz CT molecular complexity index is 530. The van der Waals surface area contributed by atoms with Gasteiger partial charge in [0.05, 0.1) is 5.56 Å². The van der Waals surface area contributed by atoms with Crippen molar-refractivity contribution < 1.29 is 40.6 Å². The number of hydrogen-bond donors (Lipinski definition) is 2. The van der Waals surface area contributed by atoms with Crippen molar-refractivity contribution in [2.45, 2.75) is 12.4 Å². The molecule has 5 nitrogen and oxygen atoms in total. The highest BCUT2D eigenvalue weighted by Crippen LogP contribution is 2.27. The molecule has 11 heteroatoms. The van der Waals surface area contributed by atoms with Crippen molar-refractivity contribution in [3.05, 3.63) is 23.8 Å². The molecule has 0 unspecified atom stereocenters. The number of hydrogen-bond acceptors (Lipinski definition) is 4. The number of nitrogens with two attached hydrogens (primary N) is 1. The lowest BCUT2D eigenvalue weighted by molar-refractivity contribution is -0.154. The molecule has 0 heterocycles. The second-order valence-corrected chi connectivity index (χ2v) is 3.94. The Morgan fingerprint density at radius 2 is 1.59 bits per heavy atom. The maximum atomic E-state index is 12.1. The summed E-state index contributed by atoms with van der Waals surface area (Å²) in [5.74, 6) is 2.92. The normalized spacial score (nSPS) is 12.0. The largest absolute Gasteiger partial charge is 0.484 e. The van der Waals surface area contributed by atoms with Gasteiger partial charge in [-0.3, -0.25) is 10.2 Å². The molecule has 1 aromatic carbocycles. The molecule has 124 valence electrons.